The highest BCUT2D eigenvalue weighted by Gasteiger charge is 2.08. The van der Waals surface area contributed by atoms with E-state index in [9.17, 15) is 10.2 Å². The highest BCUT2D eigenvalue weighted by molar-refractivity contribution is 5.13. The SMILES string of the molecule is CC(C)C[C@H](O)C#CC(C)(C)O. The van der Waals surface area contributed by atoms with Gasteiger partial charge in [-0.25, -0.2) is 0 Å². The van der Waals surface area contributed by atoms with Crippen LogP contribution in [-0.2, 0) is 0 Å². The summed E-state index contributed by atoms with van der Waals surface area (Å²) in [7, 11) is 0. The molecule has 0 rings (SSSR count). The number of rotatable bonds is 2. The number of aliphatic hydroxyl groups is 2. The minimum Gasteiger partial charge on any atom is -0.380 e. The minimum atomic E-state index is -1.00. The zero-order chi connectivity index (χ0) is 9.78. The van der Waals surface area contributed by atoms with Gasteiger partial charge in [0.05, 0.1) is 0 Å². The fourth-order valence-corrected chi connectivity index (χ4v) is 0.765. The van der Waals surface area contributed by atoms with Crippen molar-refractivity contribution in [2.75, 3.05) is 0 Å². The van der Waals surface area contributed by atoms with Crippen molar-refractivity contribution in [1.29, 1.82) is 0 Å². The van der Waals surface area contributed by atoms with Gasteiger partial charge in [0.1, 0.15) is 11.7 Å². The molecular formula is C10H18O2. The first-order valence-corrected chi connectivity index (χ1v) is 4.24. The molecule has 0 spiro atoms. The predicted molar refractivity (Wildman–Crippen MR) is 49.5 cm³/mol. The summed E-state index contributed by atoms with van der Waals surface area (Å²) < 4.78 is 0. The van der Waals surface area contributed by atoms with E-state index in [1.807, 2.05) is 13.8 Å². The summed E-state index contributed by atoms with van der Waals surface area (Å²) in [6, 6.07) is 0. The third-order valence-corrected chi connectivity index (χ3v) is 1.24. The van der Waals surface area contributed by atoms with Crippen molar-refractivity contribution >= 4 is 0 Å². The van der Waals surface area contributed by atoms with E-state index in [0.29, 0.717) is 12.3 Å². The molecule has 0 aliphatic carbocycles. The summed E-state index contributed by atoms with van der Waals surface area (Å²) in [6.45, 7) is 7.24. The Balaban J connectivity index is 3.96. The van der Waals surface area contributed by atoms with Crippen LogP contribution >= 0.6 is 0 Å². The molecule has 0 unspecified atom stereocenters. The zero-order valence-electron chi connectivity index (χ0n) is 8.26. The third-order valence-electron chi connectivity index (χ3n) is 1.24. The molecule has 0 saturated heterocycles. The quantitative estimate of drug-likeness (QED) is 0.611. The van der Waals surface area contributed by atoms with Crippen LogP contribution in [0.25, 0.3) is 0 Å². The van der Waals surface area contributed by atoms with Crippen molar-refractivity contribution in [3.8, 4) is 11.8 Å². The van der Waals surface area contributed by atoms with Gasteiger partial charge in [0.15, 0.2) is 0 Å². The topological polar surface area (TPSA) is 40.5 Å². The molecule has 0 fully saturated rings. The number of hydrogen-bond acceptors (Lipinski definition) is 2. The number of hydrogen-bond donors (Lipinski definition) is 2. The van der Waals surface area contributed by atoms with E-state index in [0.717, 1.165) is 0 Å². The van der Waals surface area contributed by atoms with E-state index in [2.05, 4.69) is 11.8 Å². The van der Waals surface area contributed by atoms with Gasteiger partial charge in [0.2, 0.25) is 0 Å². The Labute approximate surface area is 74.6 Å². The lowest BCUT2D eigenvalue weighted by molar-refractivity contribution is 0.141. The Morgan fingerprint density at radius 1 is 1.33 bits per heavy atom. The molecule has 1 atom stereocenters. The van der Waals surface area contributed by atoms with Crippen molar-refractivity contribution in [1.82, 2.24) is 0 Å². The average Bonchev–Trinajstić information content (AvgIpc) is 1.80. The van der Waals surface area contributed by atoms with E-state index < -0.39 is 11.7 Å². The Morgan fingerprint density at radius 3 is 2.17 bits per heavy atom. The maximum Gasteiger partial charge on any atom is 0.120 e. The number of aliphatic hydroxyl groups excluding tert-OH is 1. The van der Waals surface area contributed by atoms with Crippen molar-refractivity contribution in [3.05, 3.63) is 0 Å². The van der Waals surface area contributed by atoms with Crippen LogP contribution in [0.3, 0.4) is 0 Å². The summed E-state index contributed by atoms with van der Waals surface area (Å²) in [5.41, 5.74) is -1.00. The second-order valence-corrected chi connectivity index (χ2v) is 3.97. The Kier molecular flexibility index (Phi) is 4.30. The first-order valence-electron chi connectivity index (χ1n) is 4.24. The molecule has 0 aromatic carbocycles. The normalized spacial score (nSPS) is 13.9. The molecule has 2 heteroatoms. The largest absolute Gasteiger partial charge is 0.380 e. The van der Waals surface area contributed by atoms with Gasteiger partial charge in [-0.3, -0.25) is 0 Å². The third kappa shape index (κ3) is 7.59. The molecule has 12 heavy (non-hydrogen) atoms. The van der Waals surface area contributed by atoms with Crippen molar-refractivity contribution in [2.45, 2.75) is 45.8 Å². The van der Waals surface area contributed by atoms with Crippen molar-refractivity contribution in [3.63, 3.8) is 0 Å². The molecule has 0 amide bonds. The molecule has 0 heterocycles. The monoisotopic (exact) mass is 170 g/mol. The summed E-state index contributed by atoms with van der Waals surface area (Å²) >= 11 is 0. The first-order chi connectivity index (χ1) is 5.31. The van der Waals surface area contributed by atoms with Crippen LogP contribution in [0, 0.1) is 17.8 Å². The molecule has 2 nitrogen and oxygen atoms in total. The second-order valence-electron chi connectivity index (χ2n) is 3.97. The molecule has 0 aromatic rings. The molecule has 70 valence electrons. The van der Waals surface area contributed by atoms with Crippen LogP contribution in [-0.4, -0.2) is 21.9 Å². The molecule has 0 aliphatic heterocycles. The second kappa shape index (κ2) is 4.49. The Hall–Kier alpha value is -0.520. The highest BCUT2D eigenvalue weighted by atomic mass is 16.3. The minimum absolute atomic E-state index is 0.427. The maximum absolute atomic E-state index is 9.30. The van der Waals surface area contributed by atoms with Crippen LogP contribution in [0.15, 0.2) is 0 Å². The van der Waals surface area contributed by atoms with Gasteiger partial charge in [-0.1, -0.05) is 25.7 Å². The molecule has 0 radical (unpaired) electrons. The summed E-state index contributed by atoms with van der Waals surface area (Å²) in [4.78, 5) is 0. The van der Waals surface area contributed by atoms with E-state index >= 15 is 0 Å². The highest BCUT2D eigenvalue weighted by Crippen LogP contribution is 2.04. The van der Waals surface area contributed by atoms with Gasteiger partial charge < -0.3 is 10.2 Å². The van der Waals surface area contributed by atoms with Gasteiger partial charge in [-0.2, -0.15) is 0 Å². The summed E-state index contributed by atoms with van der Waals surface area (Å²) in [5, 5.41) is 18.5. The molecule has 0 saturated carbocycles. The van der Waals surface area contributed by atoms with Crippen molar-refractivity contribution in [2.24, 2.45) is 5.92 Å². The van der Waals surface area contributed by atoms with E-state index in [1.54, 1.807) is 13.8 Å². The smallest absolute Gasteiger partial charge is 0.120 e. The fourth-order valence-electron chi connectivity index (χ4n) is 0.765. The van der Waals surface area contributed by atoms with Gasteiger partial charge >= 0.3 is 0 Å². The van der Waals surface area contributed by atoms with Crippen LogP contribution in [0.5, 0.6) is 0 Å². The van der Waals surface area contributed by atoms with E-state index in [4.69, 9.17) is 0 Å². The van der Waals surface area contributed by atoms with Crippen LogP contribution in [0.1, 0.15) is 34.1 Å². The Bertz CT molecular complexity index is 178. The molecule has 0 bridgehead atoms. The van der Waals surface area contributed by atoms with Gasteiger partial charge in [0.25, 0.3) is 0 Å². The lowest BCUT2D eigenvalue weighted by Crippen LogP contribution is -2.16. The maximum atomic E-state index is 9.30. The molecule has 0 aromatic heterocycles. The lowest BCUT2D eigenvalue weighted by Gasteiger charge is -2.09. The first kappa shape index (κ1) is 11.5. The van der Waals surface area contributed by atoms with Gasteiger partial charge in [-0.05, 0) is 26.2 Å². The van der Waals surface area contributed by atoms with Gasteiger partial charge in [0, 0.05) is 0 Å². The lowest BCUT2D eigenvalue weighted by atomic mass is 10.1. The Morgan fingerprint density at radius 2 is 1.83 bits per heavy atom. The molecule has 0 aliphatic rings. The van der Waals surface area contributed by atoms with Crippen LogP contribution < -0.4 is 0 Å². The van der Waals surface area contributed by atoms with Crippen LogP contribution in [0.2, 0.25) is 0 Å². The van der Waals surface area contributed by atoms with E-state index in [-0.39, 0.29) is 0 Å². The van der Waals surface area contributed by atoms with Crippen LogP contribution in [0.4, 0.5) is 0 Å². The molecular weight excluding hydrogens is 152 g/mol. The standard InChI is InChI=1S/C10H18O2/c1-8(2)7-9(11)5-6-10(3,4)12/h8-9,11-12H,7H2,1-4H3/t9-/m1/s1. The van der Waals surface area contributed by atoms with E-state index in [1.165, 1.54) is 0 Å². The zero-order valence-corrected chi connectivity index (χ0v) is 8.26. The van der Waals surface area contributed by atoms with Gasteiger partial charge in [-0.15, -0.1) is 0 Å². The summed E-state index contributed by atoms with van der Waals surface area (Å²) in [6.07, 6.45) is 0.0414. The fraction of sp³-hybridized carbons (Fsp3) is 0.800. The van der Waals surface area contributed by atoms with Crippen molar-refractivity contribution < 1.29 is 10.2 Å². The molecule has 2 N–H and O–H groups in total. The summed E-state index contributed by atoms with van der Waals surface area (Å²) in [5.74, 6) is 5.62. The predicted octanol–water partition coefficient (Wildman–Crippen LogP) is 1.17. The average molecular weight is 170 g/mol.